The highest BCUT2D eigenvalue weighted by Gasteiger charge is 2.16. The molecule has 0 N–H and O–H groups in total. The van der Waals surface area contributed by atoms with Gasteiger partial charge < -0.3 is 9.64 Å². The smallest absolute Gasteiger partial charge is 0.325 e. The highest BCUT2D eigenvalue weighted by Crippen LogP contribution is 2.04. The maximum absolute atomic E-state index is 12.1. The van der Waals surface area contributed by atoms with E-state index in [1.807, 2.05) is 31.5 Å². The summed E-state index contributed by atoms with van der Waals surface area (Å²) in [6, 6.07) is 1.97. The molecule has 0 unspecified atom stereocenters. The van der Waals surface area contributed by atoms with E-state index in [0.717, 1.165) is 11.4 Å². The molecule has 1 aromatic heterocycles. The number of esters is 1. The van der Waals surface area contributed by atoms with Gasteiger partial charge in [-0.15, -0.1) is 0 Å². The summed E-state index contributed by atoms with van der Waals surface area (Å²) >= 11 is 0. The second-order valence-corrected chi connectivity index (χ2v) is 4.61. The van der Waals surface area contributed by atoms with Crippen molar-refractivity contribution >= 4 is 11.9 Å². The van der Waals surface area contributed by atoms with Crippen LogP contribution in [0.3, 0.4) is 0 Å². The van der Waals surface area contributed by atoms with Crippen LogP contribution in [0, 0.1) is 13.8 Å². The van der Waals surface area contributed by atoms with E-state index in [2.05, 4.69) is 5.10 Å². The molecule has 0 fully saturated rings. The van der Waals surface area contributed by atoms with E-state index in [1.54, 1.807) is 6.92 Å². The van der Waals surface area contributed by atoms with Gasteiger partial charge in [-0.25, -0.2) is 0 Å². The summed E-state index contributed by atoms with van der Waals surface area (Å²) in [5.41, 5.74) is 1.97. The molecule has 0 aliphatic carbocycles. The molecule has 1 amide bonds. The number of aromatic nitrogens is 2. The van der Waals surface area contributed by atoms with E-state index in [4.69, 9.17) is 4.74 Å². The van der Waals surface area contributed by atoms with Gasteiger partial charge >= 0.3 is 5.97 Å². The number of aryl methyl sites for hydroxylation is 3. The Morgan fingerprint density at radius 1 is 1.35 bits per heavy atom. The van der Waals surface area contributed by atoms with Crippen molar-refractivity contribution < 1.29 is 14.3 Å². The molecule has 0 radical (unpaired) electrons. The topological polar surface area (TPSA) is 64.4 Å². The Hall–Kier alpha value is -1.85. The first-order chi connectivity index (χ1) is 9.47. The summed E-state index contributed by atoms with van der Waals surface area (Å²) in [6.07, 6.45) is 0.329. The van der Waals surface area contributed by atoms with Crippen LogP contribution in [-0.4, -0.2) is 46.3 Å². The predicted octanol–water partition coefficient (Wildman–Crippen LogP) is 1.30. The molecule has 6 heteroatoms. The van der Waals surface area contributed by atoms with Gasteiger partial charge in [0.15, 0.2) is 0 Å². The van der Waals surface area contributed by atoms with Crippen LogP contribution < -0.4 is 0 Å². The van der Waals surface area contributed by atoms with Crippen LogP contribution in [0.5, 0.6) is 0 Å². The SMILES string of the molecule is CCOC(=O)CN(CC)C(=O)CCn1nc(C)cc1C. The lowest BCUT2D eigenvalue weighted by Crippen LogP contribution is -2.36. The maximum atomic E-state index is 12.1. The summed E-state index contributed by atoms with van der Waals surface area (Å²) in [6.45, 7) is 8.84. The number of carbonyl (C=O) groups is 2. The zero-order valence-corrected chi connectivity index (χ0v) is 12.7. The highest BCUT2D eigenvalue weighted by atomic mass is 16.5. The second kappa shape index (κ2) is 7.67. The zero-order valence-electron chi connectivity index (χ0n) is 12.7. The molecule has 112 valence electrons. The van der Waals surface area contributed by atoms with E-state index in [1.165, 1.54) is 4.90 Å². The molecular weight excluding hydrogens is 258 g/mol. The second-order valence-electron chi connectivity index (χ2n) is 4.61. The normalized spacial score (nSPS) is 10.4. The number of carbonyl (C=O) groups excluding carboxylic acids is 2. The summed E-state index contributed by atoms with van der Waals surface area (Å²) in [5.74, 6) is -0.429. The molecule has 0 saturated heterocycles. The molecular formula is C14H23N3O3. The molecule has 1 heterocycles. The average molecular weight is 281 g/mol. The molecule has 0 atom stereocenters. The van der Waals surface area contributed by atoms with Gasteiger partial charge in [0.1, 0.15) is 6.54 Å². The number of rotatable bonds is 7. The third-order valence-electron chi connectivity index (χ3n) is 3.00. The van der Waals surface area contributed by atoms with Crippen molar-refractivity contribution in [3.8, 4) is 0 Å². The van der Waals surface area contributed by atoms with Crippen molar-refractivity contribution in [2.45, 2.75) is 40.7 Å². The summed E-state index contributed by atoms with van der Waals surface area (Å²) < 4.78 is 6.67. The van der Waals surface area contributed by atoms with E-state index >= 15 is 0 Å². The number of likely N-dealkylation sites (N-methyl/N-ethyl adjacent to an activating group) is 1. The van der Waals surface area contributed by atoms with Crippen LogP contribution in [0.1, 0.15) is 31.7 Å². The van der Waals surface area contributed by atoms with Gasteiger partial charge in [0, 0.05) is 25.2 Å². The first-order valence-electron chi connectivity index (χ1n) is 6.92. The van der Waals surface area contributed by atoms with Gasteiger partial charge in [-0.1, -0.05) is 0 Å². The van der Waals surface area contributed by atoms with Crippen LogP contribution in [0.4, 0.5) is 0 Å². The van der Waals surface area contributed by atoms with Crippen LogP contribution in [0.2, 0.25) is 0 Å². The van der Waals surface area contributed by atoms with Gasteiger partial charge in [-0.3, -0.25) is 14.3 Å². The van der Waals surface area contributed by atoms with E-state index in [-0.39, 0.29) is 18.4 Å². The molecule has 1 rings (SSSR count). The minimum atomic E-state index is -0.367. The van der Waals surface area contributed by atoms with E-state index in [9.17, 15) is 9.59 Å². The van der Waals surface area contributed by atoms with E-state index in [0.29, 0.717) is 26.1 Å². The van der Waals surface area contributed by atoms with Crippen molar-refractivity contribution in [1.29, 1.82) is 0 Å². The first kappa shape index (κ1) is 16.2. The Morgan fingerprint density at radius 2 is 2.05 bits per heavy atom. The summed E-state index contributed by atoms with van der Waals surface area (Å²) in [5, 5.41) is 4.31. The number of hydrogen-bond donors (Lipinski definition) is 0. The average Bonchev–Trinajstić information content (AvgIpc) is 2.71. The molecule has 6 nitrogen and oxygen atoms in total. The van der Waals surface area contributed by atoms with Gasteiger partial charge in [-0.2, -0.15) is 5.10 Å². The van der Waals surface area contributed by atoms with Crippen LogP contribution in [-0.2, 0) is 20.9 Å². The minimum Gasteiger partial charge on any atom is -0.465 e. The third-order valence-corrected chi connectivity index (χ3v) is 3.00. The zero-order chi connectivity index (χ0) is 15.1. The molecule has 0 saturated carbocycles. The number of nitrogens with zero attached hydrogens (tertiary/aromatic N) is 3. The molecule has 20 heavy (non-hydrogen) atoms. The van der Waals surface area contributed by atoms with Crippen LogP contribution >= 0.6 is 0 Å². The lowest BCUT2D eigenvalue weighted by molar-refractivity contribution is -0.148. The monoisotopic (exact) mass is 281 g/mol. The Bertz CT molecular complexity index is 468. The Labute approximate surface area is 119 Å². The summed E-state index contributed by atoms with van der Waals surface area (Å²) in [4.78, 5) is 25.0. The van der Waals surface area contributed by atoms with E-state index < -0.39 is 0 Å². The third kappa shape index (κ3) is 4.68. The highest BCUT2D eigenvalue weighted by molar-refractivity contribution is 5.82. The standard InChI is InChI=1S/C14H23N3O3/c1-5-16(10-14(19)20-6-2)13(18)7-8-17-12(4)9-11(3)15-17/h9H,5-8,10H2,1-4H3. The van der Waals surface area contributed by atoms with Crippen molar-refractivity contribution in [3.05, 3.63) is 17.5 Å². The van der Waals surface area contributed by atoms with Crippen molar-refractivity contribution in [2.24, 2.45) is 0 Å². The maximum Gasteiger partial charge on any atom is 0.325 e. The Morgan fingerprint density at radius 3 is 2.55 bits per heavy atom. The molecule has 0 bridgehead atoms. The molecule has 0 spiro atoms. The largest absolute Gasteiger partial charge is 0.465 e. The van der Waals surface area contributed by atoms with Gasteiger partial charge in [0.2, 0.25) is 5.91 Å². The van der Waals surface area contributed by atoms with Crippen LogP contribution in [0.15, 0.2) is 6.07 Å². The molecule has 0 aliphatic heterocycles. The predicted molar refractivity (Wildman–Crippen MR) is 75.2 cm³/mol. The van der Waals surface area contributed by atoms with Gasteiger partial charge in [-0.05, 0) is 33.8 Å². The Balaban J connectivity index is 2.51. The quantitative estimate of drug-likeness (QED) is 0.707. The van der Waals surface area contributed by atoms with Gasteiger partial charge in [0.05, 0.1) is 12.3 Å². The van der Waals surface area contributed by atoms with Crippen LogP contribution in [0.25, 0.3) is 0 Å². The molecule has 0 aliphatic rings. The molecule has 1 aromatic rings. The lowest BCUT2D eigenvalue weighted by atomic mass is 10.3. The fraction of sp³-hybridized carbons (Fsp3) is 0.643. The number of hydrogen-bond acceptors (Lipinski definition) is 4. The van der Waals surface area contributed by atoms with Crippen molar-refractivity contribution in [3.63, 3.8) is 0 Å². The fourth-order valence-corrected chi connectivity index (χ4v) is 2.00. The summed E-state index contributed by atoms with van der Waals surface area (Å²) in [7, 11) is 0. The number of ether oxygens (including phenoxy) is 1. The first-order valence-corrected chi connectivity index (χ1v) is 6.92. The van der Waals surface area contributed by atoms with Gasteiger partial charge in [0.25, 0.3) is 0 Å². The lowest BCUT2D eigenvalue weighted by Gasteiger charge is -2.19. The van der Waals surface area contributed by atoms with Crippen molar-refractivity contribution in [2.75, 3.05) is 19.7 Å². The minimum absolute atomic E-state index is 0.0142. The fourth-order valence-electron chi connectivity index (χ4n) is 2.00. The number of amides is 1. The van der Waals surface area contributed by atoms with Crippen molar-refractivity contribution in [1.82, 2.24) is 14.7 Å². The molecule has 0 aromatic carbocycles. The Kier molecular flexibility index (Phi) is 6.21.